The number of carbonyl (C=O) groups is 1. The van der Waals surface area contributed by atoms with Crippen molar-refractivity contribution in [1.29, 1.82) is 0 Å². The maximum atomic E-state index is 12.1. The van der Waals surface area contributed by atoms with Gasteiger partial charge in [-0.25, -0.2) is 21.1 Å². The van der Waals surface area contributed by atoms with Gasteiger partial charge in [0.1, 0.15) is 18.9 Å². The van der Waals surface area contributed by atoms with Gasteiger partial charge in [-0.1, -0.05) is 17.7 Å². The van der Waals surface area contributed by atoms with Crippen molar-refractivity contribution in [3.05, 3.63) is 47.7 Å². The maximum Gasteiger partial charge on any atom is 0.321 e. The smallest absolute Gasteiger partial charge is 0.321 e. The Morgan fingerprint density at radius 2 is 1.70 bits per heavy atom. The molecule has 2 rings (SSSR count). The predicted octanol–water partition coefficient (Wildman–Crippen LogP) is 0.860. The van der Waals surface area contributed by atoms with Crippen LogP contribution in [0.15, 0.2) is 50.8 Å². The Hall–Kier alpha value is -2.21. The third kappa shape index (κ3) is 5.39. The molecule has 1 heterocycles. The standard InChI is InChI=1S/C16H20N2O7S2/c1-12-4-7-14(8-5-12)26(20,21)17-10-15(19)24-11-13-6-9-16(25-13)27(22,23)18(2)3/h4-9,17H,10-11H2,1-3H3. The molecule has 2 aromatic rings. The van der Waals surface area contributed by atoms with Crippen LogP contribution in [0.1, 0.15) is 11.3 Å². The number of hydrogen-bond donors (Lipinski definition) is 1. The van der Waals surface area contributed by atoms with Crippen LogP contribution in [0.5, 0.6) is 0 Å². The van der Waals surface area contributed by atoms with Crippen molar-refractivity contribution >= 4 is 26.0 Å². The van der Waals surface area contributed by atoms with E-state index in [-0.39, 0.29) is 22.4 Å². The van der Waals surface area contributed by atoms with E-state index in [0.717, 1.165) is 9.87 Å². The lowest BCUT2D eigenvalue weighted by molar-refractivity contribution is -0.144. The highest BCUT2D eigenvalue weighted by molar-refractivity contribution is 7.89. The van der Waals surface area contributed by atoms with Crippen LogP contribution < -0.4 is 4.72 Å². The van der Waals surface area contributed by atoms with Crippen molar-refractivity contribution < 1.29 is 30.8 Å². The van der Waals surface area contributed by atoms with Gasteiger partial charge in [0.2, 0.25) is 15.1 Å². The highest BCUT2D eigenvalue weighted by atomic mass is 32.2. The third-order valence-electron chi connectivity index (χ3n) is 3.49. The first-order valence-corrected chi connectivity index (χ1v) is 10.7. The Kier molecular flexibility index (Phi) is 6.42. The molecule has 1 aromatic heterocycles. The first kappa shape index (κ1) is 21.1. The molecule has 0 radical (unpaired) electrons. The molecule has 0 saturated heterocycles. The quantitative estimate of drug-likeness (QED) is 0.633. The van der Waals surface area contributed by atoms with Gasteiger partial charge >= 0.3 is 5.97 Å². The highest BCUT2D eigenvalue weighted by Crippen LogP contribution is 2.17. The van der Waals surface area contributed by atoms with E-state index in [2.05, 4.69) is 4.72 Å². The van der Waals surface area contributed by atoms with Crippen molar-refractivity contribution in [2.24, 2.45) is 0 Å². The summed E-state index contributed by atoms with van der Waals surface area (Å²) in [5.41, 5.74) is 0.905. The van der Waals surface area contributed by atoms with Gasteiger partial charge in [-0.3, -0.25) is 4.79 Å². The van der Waals surface area contributed by atoms with Crippen molar-refractivity contribution in [3.8, 4) is 0 Å². The monoisotopic (exact) mass is 416 g/mol. The van der Waals surface area contributed by atoms with Crippen molar-refractivity contribution in [3.63, 3.8) is 0 Å². The Morgan fingerprint density at radius 1 is 1.07 bits per heavy atom. The van der Waals surface area contributed by atoms with Crippen LogP contribution in [-0.2, 0) is 36.2 Å². The number of nitrogens with zero attached hydrogens (tertiary/aromatic N) is 1. The summed E-state index contributed by atoms with van der Waals surface area (Å²) in [4.78, 5) is 11.8. The maximum absolute atomic E-state index is 12.1. The van der Waals surface area contributed by atoms with E-state index in [1.54, 1.807) is 12.1 Å². The number of rotatable bonds is 8. The molecule has 0 unspecified atom stereocenters. The van der Waals surface area contributed by atoms with Gasteiger partial charge in [0.25, 0.3) is 10.0 Å². The van der Waals surface area contributed by atoms with Gasteiger partial charge in [0.05, 0.1) is 4.90 Å². The van der Waals surface area contributed by atoms with Crippen molar-refractivity contribution in [1.82, 2.24) is 9.03 Å². The molecule has 0 bridgehead atoms. The highest BCUT2D eigenvalue weighted by Gasteiger charge is 2.22. The molecule has 1 N–H and O–H groups in total. The average Bonchev–Trinajstić information content (AvgIpc) is 3.08. The van der Waals surface area contributed by atoms with Crippen LogP contribution >= 0.6 is 0 Å². The summed E-state index contributed by atoms with van der Waals surface area (Å²) < 4.78 is 61.1. The van der Waals surface area contributed by atoms with Crippen LogP contribution in [0.2, 0.25) is 0 Å². The minimum atomic E-state index is -3.84. The number of furan rings is 1. The van der Waals surface area contributed by atoms with E-state index in [1.807, 2.05) is 6.92 Å². The third-order valence-corrected chi connectivity index (χ3v) is 6.59. The number of ether oxygens (including phenoxy) is 1. The molecule has 0 spiro atoms. The summed E-state index contributed by atoms with van der Waals surface area (Å²) in [5, 5.41) is -0.279. The number of sulfonamides is 2. The number of aryl methyl sites for hydroxylation is 1. The molecular weight excluding hydrogens is 396 g/mol. The second-order valence-electron chi connectivity index (χ2n) is 5.81. The topological polar surface area (TPSA) is 123 Å². The first-order valence-electron chi connectivity index (χ1n) is 7.75. The molecule has 9 nitrogen and oxygen atoms in total. The Labute approximate surface area is 158 Å². The molecule has 0 atom stereocenters. The van der Waals surface area contributed by atoms with E-state index in [1.165, 1.54) is 38.4 Å². The summed E-state index contributed by atoms with van der Waals surface area (Å²) in [6, 6.07) is 8.75. The van der Waals surface area contributed by atoms with Crippen molar-refractivity contribution in [2.75, 3.05) is 20.6 Å². The van der Waals surface area contributed by atoms with Crippen molar-refractivity contribution in [2.45, 2.75) is 23.5 Å². The Morgan fingerprint density at radius 3 is 2.30 bits per heavy atom. The van der Waals surface area contributed by atoms with Crippen LogP contribution in [0.25, 0.3) is 0 Å². The fourth-order valence-electron chi connectivity index (χ4n) is 1.91. The normalized spacial score (nSPS) is 12.3. The van der Waals surface area contributed by atoms with E-state index in [4.69, 9.17) is 9.15 Å². The van der Waals surface area contributed by atoms with E-state index >= 15 is 0 Å². The number of nitrogens with one attached hydrogen (secondary N) is 1. The number of benzene rings is 1. The minimum absolute atomic E-state index is 0.0328. The molecule has 27 heavy (non-hydrogen) atoms. The molecule has 0 aliphatic carbocycles. The first-order chi connectivity index (χ1) is 12.5. The van der Waals surface area contributed by atoms with Crippen LogP contribution in [0.3, 0.4) is 0 Å². The Balaban J connectivity index is 1.90. The zero-order valence-electron chi connectivity index (χ0n) is 15.0. The predicted molar refractivity (Wildman–Crippen MR) is 95.7 cm³/mol. The summed E-state index contributed by atoms with van der Waals surface area (Å²) >= 11 is 0. The van der Waals surface area contributed by atoms with Gasteiger partial charge in [0.15, 0.2) is 0 Å². The van der Waals surface area contributed by atoms with E-state index < -0.39 is 32.6 Å². The fourth-order valence-corrected chi connectivity index (χ4v) is 3.69. The van der Waals surface area contributed by atoms with Crippen LogP contribution in [0, 0.1) is 6.92 Å². The van der Waals surface area contributed by atoms with Gasteiger partial charge in [-0.05, 0) is 31.2 Å². The Bertz CT molecular complexity index is 1010. The zero-order valence-corrected chi connectivity index (χ0v) is 16.6. The molecule has 0 saturated carbocycles. The number of carbonyl (C=O) groups excluding carboxylic acids is 1. The van der Waals surface area contributed by atoms with Crippen LogP contribution in [0.4, 0.5) is 0 Å². The molecule has 148 valence electrons. The lowest BCUT2D eigenvalue weighted by Gasteiger charge is -2.08. The average molecular weight is 416 g/mol. The zero-order chi connectivity index (χ0) is 20.2. The minimum Gasteiger partial charge on any atom is -0.457 e. The molecule has 0 fully saturated rings. The second-order valence-corrected chi connectivity index (χ2v) is 9.66. The lowest BCUT2D eigenvalue weighted by Crippen LogP contribution is -2.30. The second kappa shape index (κ2) is 8.21. The molecule has 1 aromatic carbocycles. The van der Waals surface area contributed by atoms with E-state index in [0.29, 0.717) is 0 Å². The summed E-state index contributed by atoms with van der Waals surface area (Å²) in [6.07, 6.45) is 0. The van der Waals surface area contributed by atoms with Crippen LogP contribution in [-0.4, -0.2) is 47.8 Å². The number of esters is 1. The summed E-state index contributed by atoms with van der Waals surface area (Å²) in [7, 11) is -4.84. The molecule has 0 aliphatic heterocycles. The molecule has 0 aliphatic rings. The summed E-state index contributed by atoms with van der Waals surface area (Å²) in [5.74, 6) is -0.718. The largest absolute Gasteiger partial charge is 0.457 e. The van der Waals surface area contributed by atoms with Gasteiger partial charge in [-0.2, -0.15) is 4.72 Å². The number of hydrogen-bond acceptors (Lipinski definition) is 7. The SMILES string of the molecule is Cc1ccc(S(=O)(=O)NCC(=O)OCc2ccc(S(=O)(=O)N(C)C)o2)cc1. The molecule has 11 heteroatoms. The molecule has 0 amide bonds. The van der Waals surface area contributed by atoms with E-state index in [9.17, 15) is 21.6 Å². The lowest BCUT2D eigenvalue weighted by atomic mass is 10.2. The fraction of sp³-hybridized carbons (Fsp3) is 0.312. The van der Waals surface area contributed by atoms with Gasteiger partial charge in [0, 0.05) is 14.1 Å². The van der Waals surface area contributed by atoms with Gasteiger partial charge in [-0.15, -0.1) is 0 Å². The van der Waals surface area contributed by atoms with Gasteiger partial charge < -0.3 is 9.15 Å². The molecular formula is C16H20N2O7S2. The summed E-state index contributed by atoms with van der Waals surface area (Å²) in [6.45, 7) is 0.929.